The Balaban J connectivity index is 1.50. The van der Waals surface area contributed by atoms with E-state index in [1.165, 1.54) is 24.2 Å². The zero-order chi connectivity index (χ0) is 13.1. The van der Waals surface area contributed by atoms with Gasteiger partial charge in [0.15, 0.2) is 5.13 Å². The van der Waals surface area contributed by atoms with Gasteiger partial charge in [-0.05, 0) is 18.9 Å². The minimum Gasteiger partial charge on any atom is -0.302 e. The molecule has 19 heavy (non-hydrogen) atoms. The molecule has 2 aromatic rings. The molecule has 2 heterocycles. The molecule has 1 aliphatic carbocycles. The lowest BCUT2D eigenvalue weighted by Crippen LogP contribution is -2.13. The fourth-order valence-electron chi connectivity index (χ4n) is 1.78. The number of nitrogens with one attached hydrogen (secondary N) is 1. The van der Waals surface area contributed by atoms with Crippen molar-refractivity contribution in [3.63, 3.8) is 0 Å². The van der Waals surface area contributed by atoms with Crippen LogP contribution in [0.3, 0.4) is 0 Å². The lowest BCUT2D eigenvalue weighted by Gasteiger charge is -2.00. The molecule has 0 aliphatic heterocycles. The summed E-state index contributed by atoms with van der Waals surface area (Å²) in [5.74, 6) is 1.28. The summed E-state index contributed by atoms with van der Waals surface area (Å²) in [5.41, 5.74) is 1.12. The predicted molar refractivity (Wildman–Crippen MR) is 73.1 cm³/mol. The highest BCUT2D eigenvalue weighted by molar-refractivity contribution is 7.13. The predicted octanol–water partition coefficient (Wildman–Crippen LogP) is 2.38. The van der Waals surface area contributed by atoms with Gasteiger partial charge in [0, 0.05) is 36.5 Å². The molecule has 0 unspecified atom stereocenters. The minimum atomic E-state index is -0.0378. The Morgan fingerprint density at radius 2 is 2.16 bits per heavy atom. The normalized spacial score (nSPS) is 14.3. The molecule has 3 rings (SSSR count). The van der Waals surface area contributed by atoms with Crippen molar-refractivity contribution in [2.45, 2.75) is 31.6 Å². The number of hydrogen-bond acceptors (Lipinski definition) is 5. The number of carbonyl (C=O) groups excluding carboxylic acids is 1. The SMILES string of the molecule is O=C(CCc1ncccn1)Nc1nc(C2CC2)cs1. The summed E-state index contributed by atoms with van der Waals surface area (Å²) in [6.07, 6.45) is 6.74. The molecule has 98 valence electrons. The largest absolute Gasteiger partial charge is 0.302 e. The summed E-state index contributed by atoms with van der Waals surface area (Å²) in [4.78, 5) is 24.4. The van der Waals surface area contributed by atoms with E-state index in [4.69, 9.17) is 0 Å². The van der Waals surface area contributed by atoms with Gasteiger partial charge in [0.05, 0.1) is 5.69 Å². The Hall–Kier alpha value is -1.82. The molecule has 0 radical (unpaired) electrons. The van der Waals surface area contributed by atoms with Gasteiger partial charge < -0.3 is 5.32 Å². The number of anilines is 1. The van der Waals surface area contributed by atoms with E-state index < -0.39 is 0 Å². The standard InChI is InChI=1S/C13H14N4OS/c18-12(5-4-11-14-6-1-7-15-11)17-13-16-10(8-19-13)9-2-3-9/h1,6-9H,2-5H2,(H,16,17,18). The third-order valence-electron chi connectivity index (χ3n) is 2.96. The van der Waals surface area contributed by atoms with Crippen LogP contribution in [0.25, 0.3) is 0 Å². The van der Waals surface area contributed by atoms with E-state index in [1.807, 2.05) is 5.38 Å². The molecule has 1 saturated carbocycles. The number of aromatic nitrogens is 3. The molecular formula is C13H14N4OS. The van der Waals surface area contributed by atoms with Crippen LogP contribution in [0.5, 0.6) is 0 Å². The van der Waals surface area contributed by atoms with Gasteiger partial charge in [-0.3, -0.25) is 4.79 Å². The van der Waals surface area contributed by atoms with Crippen molar-refractivity contribution in [3.05, 3.63) is 35.4 Å². The molecule has 0 saturated heterocycles. The van der Waals surface area contributed by atoms with Crippen LogP contribution in [0, 0.1) is 0 Å². The molecule has 1 aliphatic rings. The highest BCUT2D eigenvalue weighted by Gasteiger charge is 2.26. The number of thiazole rings is 1. The summed E-state index contributed by atoms with van der Waals surface area (Å²) in [6, 6.07) is 1.76. The van der Waals surface area contributed by atoms with Gasteiger partial charge in [-0.15, -0.1) is 11.3 Å². The van der Waals surface area contributed by atoms with E-state index in [0.717, 1.165) is 5.69 Å². The van der Waals surface area contributed by atoms with E-state index >= 15 is 0 Å². The topological polar surface area (TPSA) is 67.8 Å². The Bertz CT molecular complexity index is 565. The van der Waals surface area contributed by atoms with Gasteiger partial charge in [-0.2, -0.15) is 0 Å². The summed E-state index contributed by atoms with van der Waals surface area (Å²) < 4.78 is 0. The first-order valence-electron chi connectivity index (χ1n) is 6.32. The van der Waals surface area contributed by atoms with Crippen molar-refractivity contribution in [1.82, 2.24) is 15.0 Å². The average Bonchev–Trinajstić information content (AvgIpc) is 3.19. The van der Waals surface area contributed by atoms with Gasteiger partial charge in [0.1, 0.15) is 5.82 Å². The Morgan fingerprint density at radius 1 is 1.37 bits per heavy atom. The molecule has 1 fully saturated rings. The van der Waals surface area contributed by atoms with Crippen LogP contribution < -0.4 is 5.32 Å². The number of aryl methyl sites for hydroxylation is 1. The smallest absolute Gasteiger partial charge is 0.226 e. The fraction of sp³-hybridized carbons (Fsp3) is 0.385. The Labute approximate surface area is 115 Å². The molecule has 6 heteroatoms. The maximum atomic E-state index is 11.8. The molecule has 1 amide bonds. The molecule has 1 N–H and O–H groups in total. The quantitative estimate of drug-likeness (QED) is 0.909. The van der Waals surface area contributed by atoms with E-state index in [9.17, 15) is 4.79 Å². The van der Waals surface area contributed by atoms with E-state index in [2.05, 4.69) is 20.3 Å². The highest BCUT2D eigenvalue weighted by Crippen LogP contribution is 2.40. The van der Waals surface area contributed by atoms with Crippen LogP contribution in [0.4, 0.5) is 5.13 Å². The van der Waals surface area contributed by atoms with Crippen molar-refractivity contribution < 1.29 is 4.79 Å². The lowest BCUT2D eigenvalue weighted by molar-refractivity contribution is -0.116. The van der Waals surface area contributed by atoms with Gasteiger partial charge in [0.25, 0.3) is 0 Å². The Kier molecular flexibility index (Phi) is 3.50. The third-order valence-corrected chi connectivity index (χ3v) is 3.73. The molecule has 0 bridgehead atoms. The maximum Gasteiger partial charge on any atom is 0.226 e. The minimum absolute atomic E-state index is 0.0378. The van der Waals surface area contributed by atoms with Crippen LogP contribution >= 0.6 is 11.3 Å². The van der Waals surface area contributed by atoms with Crippen LogP contribution in [-0.4, -0.2) is 20.9 Å². The van der Waals surface area contributed by atoms with Gasteiger partial charge in [-0.1, -0.05) is 0 Å². The zero-order valence-corrected chi connectivity index (χ0v) is 11.2. The van der Waals surface area contributed by atoms with E-state index in [1.54, 1.807) is 18.5 Å². The number of carbonyl (C=O) groups is 1. The van der Waals surface area contributed by atoms with Crippen LogP contribution in [0.1, 0.15) is 36.7 Å². The van der Waals surface area contributed by atoms with Gasteiger partial charge >= 0.3 is 0 Å². The van der Waals surface area contributed by atoms with Crippen molar-refractivity contribution in [3.8, 4) is 0 Å². The maximum absolute atomic E-state index is 11.8. The molecule has 0 aromatic carbocycles. The number of amides is 1. The fourth-order valence-corrected chi connectivity index (χ4v) is 2.58. The number of hydrogen-bond donors (Lipinski definition) is 1. The number of rotatable bonds is 5. The zero-order valence-electron chi connectivity index (χ0n) is 10.4. The van der Waals surface area contributed by atoms with Gasteiger partial charge in [0.2, 0.25) is 5.91 Å². The molecule has 5 nitrogen and oxygen atoms in total. The lowest BCUT2D eigenvalue weighted by atomic mass is 10.3. The summed E-state index contributed by atoms with van der Waals surface area (Å²) >= 11 is 1.49. The second-order valence-corrected chi connectivity index (χ2v) is 5.42. The van der Waals surface area contributed by atoms with Crippen molar-refractivity contribution in [2.24, 2.45) is 0 Å². The van der Waals surface area contributed by atoms with Gasteiger partial charge in [-0.25, -0.2) is 15.0 Å². The second kappa shape index (κ2) is 5.44. The van der Waals surface area contributed by atoms with Crippen LogP contribution in [-0.2, 0) is 11.2 Å². The first kappa shape index (κ1) is 12.2. The van der Waals surface area contributed by atoms with Crippen molar-refractivity contribution in [2.75, 3.05) is 5.32 Å². The summed E-state index contributed by atoms with van der Waals surface area (Å²) in [6.45, 7) is 0. The first-order valence-corrected chi connectivity index (χ1v) is 7.20. The average molecular weight is 274 g/mol. The third kappa shape index (κ3) is 3.35. The Morgan fingerprint density at radius 3 is 2.89 bits per heavy atom. The van der Waals surface area contributed by atoms with Crippen molar-refractivity contribution >= 4 is 22.4 Å². The first-order chi connectivity index (χ1) is 9.31. The van der Waals surface area contributed by atoms with E-state index in [-0.39, 0.29) is 5.91 Å². The number of nitrogens with zero attached hydrogens (tertiary/aromatic N) is 3. The summed E-state index contributed by atoms with van der Waals surface area (Å²) in [7, 11) is 0. The summed E-state index contributed by atoms with van der Waals surface area (Å²) in [5, 5.41) is 5.56. The molecular weight excluding hydrogens is 260 g/mol. The highest BCUT2D eigenvalue weighted by atomic mass is 32.1. The monoisotopic (exact) mass is 274 g/mol. The molecule has 0 spiro atoms. The molecule has 0 atom stereocenters. The van der Waals surface area contributed by atoms with Crippen LogP contribution in [0.2, 0.25) is 0 Å². The van der Waals surface area contributed by atoms with Crippen LogP contribution in [0.15, 0.2) is 23.8 Å². The van der Waals surface area contributed by atoms with E-state index in [0.29, 0.717) is 29.7 Å². The van der Waals surface area contributed by atoms with Crippen molar-refractivity contribution in [1.29, 1.82) is 0 Å². The second-order valence-electron chi connectivity index (χ2n) is 4.56. The molecule has 2 aromatic heterocycles.